The van der Waals surface area contributed by atoms with Crippen molar-refractivity contribution >= 4 is 11.6 Å². The van der Waals surface area contributed by atoms with Crippen molar-refractivity contribution in [3.8, 4) is 5.75 Å². The van der Waals surface area contributed by atoms with E-state index in [1.54, 1.807) is 0 Å². The van der Waals surface area contributed by atoms with Crippen LogP contribution in [0.3, 0.4) is 0 Å². The third-order valence-electron chi connectivity index (χ3n) is 4.16. The summed E-state index contributed by atoms with van der Waals surface area (Å²) in [6.45, 7) is 4.29. The zero-order valence-electron chi connectivity index (χ0n) is 14.8. The van der Waals surface area contributed by atoms with E-state index < -0.39 is 0 Å². The predicted molar refractivity (Wildman–Crippen MR) is 103 cm³/mol. The molecular weight excluding hydrogens is 330 g/mol. The Hall–Kier alpha value is -2.80. The van der Waals surface area contributed by atoms with Gasteiger partial charge in [0.05, 0.1) is 12.8 Å². The van der Waals surface area contributed by atoms with Gasteiger partial charge in [-0.05, 0) is 30.5 Å². The lowest BCUT2D eigenvalue weighted by molar-refractivity contribution is 0.288. The number of rotatable bonds is 8. The van der Waals surface area contributed by atoms with Crippen LogP contribution in [0.15, 0.2) is 47.4 Å². The fourth-order valence-electron chi connectivity index (χ4n) is 2.79. The lowest BCUT2D eigenvalue weighted by Crippen LogP contribution is -2.26. The Kier molecular flexibility index (Phi) is 6.27. The molecule has 0 saturated carbocycles. The van der Waals surface area contributed by atoms with E-state index in [0.29, 0.717) is 19.1 Å². The maximum absolute atomic E-state index is 11.4. The van der Waals surface area contributed by atoms with Crippen LogP contribution in [-0.2, 0) is 6.54 Å². The highest BCUT2D eigenvalue weighted by atomic mass is 16.5. The number of benzene rings is 1. The van der Waals surface area contributed by atoms with Crippen molar-refractivity contribution in [2.24, 2.45) is 0 Å². The van der Waals surface area contributed by atoms with E-state index in [2.05, 4.69) is 44.5 Å². The molecule has 138 valence electrons. The first-order valence-corrected chi connectivity index (χ1v) is 8.88. The molecule has 1 aromatic heterocycles. The standard InChI is InChI=1S/C19H25N5O2/c20-17-13-22-19(23-18(17)25)21-8-5-11-26-16-7-4-6-15(12-16)14-24-9-2-1-3-10-24/h1-2,4,6-7,12-13H,3,5,8-11,14,20H2,(H2,21,22,23,25). The van der Waals surface area contributed by atoms with E-state index >= 15 is 0 Å². The molecule has 0 radical (unpaired) electrons. The first-order chi connectivity index (χ1) is 12.7. The molecule has 2 aromatic rings. The number of aromatic amines is 1. The number of nitrogen functional groups attached to an aromatic ring is 1. The largest absolute Gasteiger partial charge is 0.494 e. The highest BCUT2D eigenvalue weighted by Gasteiger charge is 2.07. The van der Waals surface area contributed by atoms with Gasteiger partial charge in [-0.1, -0.05) is 24.3 Å². The molecule has 0 bridgehead atoms. The van der Waals surface area contributed by atoms with Gasteiger partial charge in [-0.25, -0.2) is 4.98 Å². The van der Waals surface area contributed by atoms with Crippen LogP contribution in [0.4, 0.5) is 11.6 Å². The monoisotopic (exact) mass is 355 g/mol. The summed E-state index contributed by atoms with van der Waals surface area (Å²) in [4.78, 5) is 20.4. The number of nitrogens with one attached hydrogen (secondary N) is 2. The summed E-state index contributed by atoms with van der Waals surface area (Å²) in [7, 11) is 0. The summed E-state index contributed by atoms with van der Waals surface area (Å²) in [5.41, 5.74) is 6.48. The lowest BCUT2D eigenvalue weighted by Gasteiger charge is -2.23. The summed E-state index contributed by atoms with van der Waals surface area (Å²) in [6, 6.07) is 8.25. The average Bonchev–Trinajstić information content (AvgIpc) is 2.65. The Bertz CT molecular complexity index is 803. The van der Waals surface area contributed by atoms with Crippen molar-refractivity contribution in [1.82, 2.24) is 14.9 Å². The minimum atomic E-state index is -0.334. The molecule has 26 heavy (non-hydrogen) atoms. The molecule has 2 heterocycles. The third-order valence-corrected chi connectivity index (χ3v) is 4.16. The van der Waals surface area contributed by atoms with E-state index in [-0.39, 0.29) is 11.2 Å². The van der Waals surface area contributed by atoms with Gasteiger partial charge < -0.3 is 15.8 Å². The number of nitrogens with two attached hydrogens (primary N) is 1. The molecule has 1 aromatic carbocycles. The molecule has 0 fully saturated rings. The summed E-state index contributed by atoms with van der Waals surface area (Å²) in [5.74, 6) is 1.30. The number of nitrogens with zero attached hydrogens (tertiary/aromatic N) is 2. The normalized spacial score (nSPS) is 14.3. The Morgan fingerprint density at radius 1 is 1.35 bits per heavy atom. The molecule has 0 saturated heterocycles. The van der Waals surface area contributed by atoms with Crippen LogP contribution < -0.4 is 21.3 Å². The molecule has 0 spiro atoms. The maximum atomic E-state index is 11.4. The smallest absolute Gasteiger partial charge is 0.275 e. The van der Waals surface area contributed by atoms with Gasteiger partial charge in [-0.15, -0.1) is 0 Å². The number of anilines is 2. The quantitative estimate of drug-likeness (QED) is 0.495. The van der Waals surface area contributed by atoms with Gasteiger partial charge >= 0.3 is 0 Å². The second-order valence-electron chi connectivity index (χ2n) is 6.29. The van der Waals surface area contributed by atoms with Crippen LogP contribution in [0.2, 0.25) is 0 Å². The van der Waals surface area contributed by atoms with Crippen LogP contribution in [0.1, 0.15) is 18.4 Å². The molecule has 7 nitrogen and oxygen atoms in total. The van der Waals surface area contributed by atoms with E-state index in [4.69, 9.17) is 10.5 Å². The fraction of sp³-hybridized carbons (Fsp3) is 0.368. The predicted octanol–water partition coefficient (Wildman–Crippen LogP) is 1.99. The molecule has 4 N–H and O–H groups in total. The molecule has 1 aliphatic rings. The Balaban J connectivity index is 1.40. The van der Waals surface area contributed by atoms with E-state index in [9.17, 15) is 4.79 Å². The topological polar surface area (TPSA) is 96.3 Å². The summed E-state index contributed by atoms with van der Waals surface area (Å²) in [6.07, 6.45) is 7.72. The minimum Gasteiger partial charge on any atom is -0.494 e. The second kappa shape index (κ2) is 9.05. The number of ether oxygens (including phenoxy) is 1. The molecule has 0 aliphatic carbocycles. The van der Waals surface area contributed by atoms with Crippen molar-refractivity contribution in [3.63, 3.8) is 0 Å². The van der Waals surface area contributed by atoms with Crippen LogP contribution in [0, 0.1) is 0 Å². The van der Waals surface area contributed by atoms with Crippen molar-refractivity contribution in [1.29, 1.82) is 0 Å². The molecule has 1 aliphatic heterocycles. The van der Waals surface area contributed by atoms with Crippen molar-refractivity contribution in [2.75, 3.05) is 37.3 Å². The van der Waals surface area contributed by atoms with Crippen molar-refractivity contribution in [2.45, 2.75) is 19.4 Å². The average molecular weight is 355 g/mol. The van der Waals surface area contributed by atoms with Gasteiger partial charge in [0.2, 0.25) is 5.95 Å². The molecule has 3 rings (SSSR count). The first-order valence-electron chi connectivity index (χ1n) is 8.88. The van der Waals surface area contributed by atoms with E-state index in [0.717, 1.165) is 38.2 Å². The van der Waals surface area contributed by atoms with Crippen LogP contribution >= 0.6 is 0 Å². The highest BCUT2D eigenvalue weighted by molar-refractivity contribution is 5.36. The molecule has 7 heteroatoms. The number of H-pyrrole nitrogens is 1. The van der Waals surface area contributed by atoms with Gasteiger partial charge in [-0.3, -0.25) is 14.7 Å². The molecular formula is C19H25N5O2. The van der Waals surface area contributed by atoms with Crippen LogP contribution in [-0.4, -0.2) is 41.1 Å². The van der Waals surface area contributed by atoms with Gasteiger partial charge in [0, 0.05) is 26.2 Å². The minimum absolute atomic E-state index is 0.111. The molecule has 0 atom stereocenters. The molecule has 0 amide bonds. The summed E-state index contributed by atoms with van der Waals surface area (Å²) < 4.78 is 5.83. The third kappa shape index (κ3) is 5.35. The van der Waals surface area contributed by atoms with E-state index in [1.165, 1.54) is 11.8 Å². The Morgan fingerprint density at radius 2 is 2.27 bits per heavy atom. The zero-order valence-corrected chi connectivity index (χ0v) is 14.8. The van der Waals surface area contributed by atoms with E-state index in [1.807, 2.05) is 12.1 Å². The van der Waals surface area contributed by atoms with Gasteiger partial charge in [0.15, 0.2) is 0 Å². The Morgan fingerprint density at radius 3 is 3.08 bits per heavy atom. The summed E-state index contributed by atoms with van der Waals surface area (Å²) in [5, 5.41) is 3.05. The highest BCUT2D eigenvalue weighted by Crippen LogP contribution is 2.16. The SMILES string of the molecule is Nc1cnc(NCCCOc2cccc(CN3CC=CCC3)c2)[nH]c1=O. The van der Waals surface area contributed by atoms with Crippen molar-refractivity contribution < 1.29 is 4.74 Å². The second-order valence-corrected chi connectivity index (χ2v) is 6.29. The zero-order chi connectivity index (χ0) is 18.2. The molecule has 0 unspecified atom stereocenters. The fourth-order valence-corrected chi connectivity index (χ4v) is 2.79. The Labute approximate surface area is 152 Å². The van der Waals surface area contributed by atoms with Gasteiger partial charge in [0.25, 0.3) is 5.56 Å². The van der Waals surface area contributed by atoms with Gasteiger partial charge in [0.1, 0.15) is 11.4 Å². The maximum Gasteiger partial charge on any atom is 0.275 e. The summed E-state index contributed by atoms with van der Waals surface area (Å²) >= 11 is 0. The van der Waals surface area contributed by atoms with Crippen LogP contribution in [0.25, 0.3) is 0 Å². The number of aromatic nitrogens is 2. The number of hydrogen-bond acceptors (Lipinski definition) is 6. The van der Waals surface area contributed by atoms with Gasteiger partial charge in [-0.2, -0.15) is 0 Å². The number of hydrogen-bond donors (Lipinski definition) is 3. The first kappa shape index (κ1) is 18.0. The van der Waals surface area contributed by atoms with Crippen molar-refractivity contribution in [3.05, 3.63) is 58.5 Å². The lowest BCUT2D eigenvalue weighted by atomic mass is 10.1. The van der Waals surface area contributed by atoms with Crippen LogP contribution in [0.5, 0.6) is 5.75 Å².